The first kappa shape index (κ1) is 9.51. The predicted octanol–water partition coefficient (Wildman–Crippen LogP) is 1.45. The van der Waals surface area contributed by atoms with Crippen LogP contribution in [0.25, 0.3) is 0 Å². The maximum Gasteiger partial charge on any atom is 0.202 e. The lowest BCUT2D eigenvalue weighted by Gasteiger charge is -2.12. The molecule has 0 spiro atoms. The second-order valence-corrected chi connectivity index (χ2v) is 2.45. The van der Waals surface area contributed by atoms with Crippen molar-refractivity contribution >= 4 is 5.69 Å². The Morgan fingerprint density at radius 2 is 1.92 bits per heavy atom. The highest BCUT2D eigenvalue weighted by atomic mass is 16.5. The average Bonchev–Trinajstić information content (AvgIpc) is 2.17. The van der Waals surface area contributed by atoms with Crippen LogP contribution in [0.3, 0.4) is 0 Å². The molecule has 0 unspecified atom stereocenters. The summed E-state index contributed by atoms with van der Waals surface area (Å²) in [6.45, 7) is 0. The Morgan fingerprint density at radius 1 is 1.23 bits per heavy atom. The van der Waals surface area contributed by atoms with Crippen molar-refractivity contribution in [2.75, 3.05) is 26.6 Å². The summed E-state index contributed by atoms with van der Waals surface area (Å²) >= 11 is 0. The molecule has 0 radical (unpaired) electrons. The number of aromatic hydroxyl groups is 1. The van der Waals surface area contributed by atoms with Crippen molar-refractivity contribution < 1.29 is 14.6 Å². The van der Waals surface area contributed by atoms with Crippen LogP contribution in [0.1, 0.15) is 0 Å². The Hall–Kier alpha value is -1.58. The predicted molar refractivity (Wildman–Crippen MR) is 50.8 cm³/mol. The summed E-state index contributed by atoms with van der Waals surface area (Å²) in [5, 5.41) is 12.5. The standard InChI is InChI=1S/C9H13NO3/c1-10-6-4-5-7(12-2)8(11)9(6)13-3/h4-5,10-11H,1-3H3. The maximum absolute atomic E-state index is 9.61. The van der Waals surface area contributed by atoms with Gasteiger partial charge >= 0.3 is 0 Å². The molecule has 2 N–H and O–H groups in total. The van der Waals surface area contributed by atoms with Gasteiger partial charge in [0, 0.05) is 7.05 Å². The largest absolute Gasteiger partial charge is 0.502 e. The molecule has 0 amide bonds. The molecule has 0 aliphatic heterocycles. The summed E-state index contributed by atoms with van der Waals surface area (Å²) in [4.78, 5) is 0. The zero-order chi connectivity index (χ0) is 9.84. The van der Waals surface area contributed by atoms with Crippen molar-refractivity contribution in [3.05, 3.63) is 12.1 Å². The van der Waals surface area contributed by atoms with Gasteiger partial charge < -0.3 is 19.9 Å². The molecule has 1 rings (SSSR count). The number of hydrogen-bond donors (Lipinski definition) is 2. The second-order valence-electron chi connectivity index (χ2n) is 2.45. The van der Waals surface area contributed by atoms with Gasteiger partial charge in [-0.3, -0.25) is 0 Å². The Balaban J connectivity index is 3.23. The van der Waals surface area contributed by atoms with Gasteiger partial charge in [-0.05, 0) is 12.1 Å². The molecule has 1 aromatic carbocycles. The van der Waals surface area contributed by atoms with Gasteiger partial charge in [0.1, 0.15) is 0 Å². The van der Waals surface area contributed by atoms with Crippen LogP contribution in [0, 0.1) is 0 Å². The minimum atomic E-state index is 0.0110. The third kappa shape index (κ3) is 1.61. The molecule has 1 aromatic rings. The first-order valence-electron chi connectivity index (χ1n) is 3.86. The number of anilines is 1. The van der Waals surface area contributed by atoms with Gasteiger partial charge in [-0.2, -0.15) is 0 Å². The lowest BCUT2D eigenvalue weighted by atomic mass is 10.2. The van der Waals surface area contributed by atoms with Crippen molar-refractivity contribution in [3.8, 4) is 17.2 Å². The van der Waals surface area contributed by atoms with E-state index in [0.29, 0.717) is 11.5 Å². The SMILES string of the molecule is CNc1ccc(OC)c(O)c1OC. The topological polar surface area (TPSA) is 50.7 Å². The molecule has 72 valence electrons. The molecule has 4 nitrogen and oxygen atoms in total. The smallest absolute Gasteiger partial charge is 0.202 e. The number of nitrogens with one attached hydrogen (secondary N) is 1. The van der Waals surface area contributed by atoms with E-state index >= 15 is 0 Å². The average molecular weight is 183 g/mol. The van der Waals surface area contributed by atoms with Crippen molar-refractivity contribution in [1.29, 1.82) is 0 Å². The monoisotopic (exact) mass is 183 g/mol. The molecule has 0 atom stereocenters. The number of phenolic OH excluding ortho intramolecular Hbond substituents is 1. The van der Waals surface area contributed by atoms with Gasteiger partial charge in [0.25, 0.3) is 0 Å². The van der Waals surface area contributed by atoms with E-state index in [1.54, 1.807) is 19.2 Å². The summed E-state index contributed by atoms with van der Waals surface area (Å²) in [6.07, 6.45) is 0. The summed E-state index contributed by atoms with van der Waals surface area (Å²) < 4.78 is 9.95. The number of phenols is 1. The zero-order valence-corrected chi connectivity index (χ0v) is 7.92. The van der Waals surface area contributed by atoms with Crippen LogP contribution in [0.2, 0.25) is 0 Å². The normalized spacial score (nSPS) is 9.46. The van der Waals surface area contributed by atoms with Crippen LogP contribution in [-0.4, -0.2) is 26.4 Å². The number of rotatable bonds is 3. The van der Waals surface area contributed by atoms with Gasteiger partial charge in [-0.25, -0.2) is 0 Å². The number of ether oxygens (including phenoxy) is 2. The van der Waals surface area contributed by atoms with Crippen LogP contribution in [-0.2, 0) is 0 Å². The summed E-state index contributed by atoms with van der Waals surface area (Å²) in [6, 6.07) is 3.45. The highest BCUT2D eigenvalue weighted by molar-refractivity contribution is 5.67. The fraction of sp³-hybridized carbons (Fsp3) is 0.333. The Labute approximate surface area is 77.1 Å². The van der Waals surface area contributed by atoms with Crippen molar-refractivity contribution in [3.63, 3.8) is 0 Å². The van der Waals surface area contributed by atoms with Gasteiger partial charge in [0.05, 0.1) is 19.9 Å². The maximum atomic E-state index is 9.61. The fourth-order valence-electron chi connectivity index (χ4n) is 1.12. The lowest BCUT2D eigenvalue weighted by molar-refractivity contribution is 0.341. The number of hydrogen-bond acceptors (Lipinski definition) is 4. The van der Waals surface area contributed by atoms with Crippen LogP contribution in [0.4, 0.5) is 5.69 Å². The molecule has 4 heteroatoms. The van der Waals surface area contributed by atoms with Crippen LogP contribution in [0.5, 0.6) is 17.2 Å². The van der Waals surface area contributed by atoms with Crippen molar-refractivity contribution in [2.24, 2.45) is 0 Å². The molecule has 0 aromatic heterocycles. The van der Waals surface area contributed by atoms with E-state index < -0.39 is 0 Å². The number of benzene rings is 1. The molecule has 0 bridgehead atoms. The van der Waals surface area contributed by atoms with E-state index in [2.05, 4.69) is 5.32 Å². The van der Waals surface area contributed by atoms with Crippen LogP contribution >= 0.6 is 0 Å². The summed E-state index contributed by atoms with van der Waals surface area (Å²) in [5.74, 6) is 0.801. The third-order valence-electron chi connectivity index (χ3n) is 1.79. The van der Waals surface area contributed by atoms with Crippen LogP contribution in [0.15, 0.2) is 12.1 Å². The first-order valence-corrected chi connectivity index (χ1v) is 3.86. The molecular formula is C9H13NO3. The molecule has 0 saturated carbocycles. The van der Waals surface area contributed by atoms with Crippen molar-refractivity contribution in [1.82, 2.24) is 0 Å². The Kier molecular flexibility index (Phi) is 2.84. The quantitative estimate of drug-likeness (QED) is 0.744. The van der Waals surface area contributed by atoms with E-state index in [1.807, 2.05) is 0 Å². The fourth-order valence-corrected chi connectivity index (χ4v) is 1.12. The van der Waals surface area contributed by atoms with Crippen LogP contribution < -0.4 is 14.8 Å². The van der Waals surface area contributed by atoms with E-state index in [1.165, 1.54) is 14.2 Å². The lowest BCUT2D eigenvalue weighted by Crippen LogP contribution is -1.95. The summed E-state index contributed by atoms with van der Waals surface area (Å²) in [5.41, 5.74) is 0.723. The highest BCUT2D eigenvalue weighted by Crippen LogP contribution is 2.41. The van der Waals surface area contributed by atoms with Gasteiger partial charge in [0.15, 0.2) is 11.5 Å². The van der Waals surface area contributed by atoms with E-state index in [9.17, 15) is 5.11 Å². The first-order chi connectivity index (χ1) is 6.24. The number of methoxy groups -OCH3 is 2. The highest BCUT2D eigenvalue weighted by Gasteiger charge is 2.12. The molecule has 0 aliphatic rings. The minimum absolute atomic E-state index is 0.0110. The Bertz CT molecular complexity index is 299. The van der Waals surface area contributed by atoms with Crippen molar-refractivity contribution in [2.45, 2.75) is 0 Å². The minimum Gasteiger partial charge on any atom is -0.502 e. The van der Waals surface area contributed by atoms with E-state index in [4.69, 9.17) is 9.47 Å². The molecule has 13 heavy (non-hydrogen) atoms. The van der Waals surface area contributed by atoms with Gasteiger partial charge in [-0.1, -0.05) is 0 Å². The molecule has 0 saturated heterocycles. The zero-order valence-electron chi connectivity index (χ0n) is 7.92. The molecule has 0 heterocycles. The third-order valence-corrected chi connectivity index (χ3v) is 1.79. The summed E-state index contributed by atoms with van der Waals surface area (Å²) in [7, 11) is 4.74. The van der Waals surface area contributed by atoms with E-state index in [0.717, 1.165) is 5.69 Å². The second kappa shape index (κ2) is 3.89. The molecular weight excluding hydrogens is 170 g/mol. The van der Waals surface area contributed by atoms with Gasteiger partial charge in [0.2, 0.25) is 5.75 Å². The molecule has 0 fully saturated rings. The molecule has 0 aliphatic carbocycles. The van der Waals surface area contributed by atoms with Gasteiger partial charge in [-0.15, -0.1) is 0 Å². The Morgan fingerprint density at radius 3 is 2.38 bits per heavy atom. The van der Waals surface area contributed by atoms with E-state index in [-0.39, 0.29) is 5.75 Å².